The lowest BCUT2D eigenvalue weighted by Crippen LogP contribution is -2.12. The number of methoxy groups -OCH3 is 2. The lowest BCUT2D eigenvalue weighted by Gasteiger charge is -2.15. The number of halogens is 1. The fourth-order valence-corrected chi connectivity index (χ4v) is 1.60. The van der Waals surface area contributed by atoms with E-state index in [1.54, 1.807) is 12.1 Å². The maximum Gasteiger partial charge on any atom is 0.135 e. The van der Waals surface area contributed by atoms with E-state index < -0.39 is 0 Å². The molecule has 0 radical (unpaired) electrons. The van der Waals surface area contributed by atoms with Crippen LogP contribution in [0.1, 0.15) is 24.0 Å². The Morgan fingerprint density at radius 1 is 1.38 bits per heavy atom. The summed E-state index contributed by atoms with van der Waals surface area (Å²) < 4.78 is 24.2. The Kier molecular flexibility index (Phi) is 4.71. The van der Waals surface area contributed by atoms with Crippen LogP contribution in [0.2, 0.25) is 0 Å². The minimum Gasteiger partial charge on any atom is -0.496 e. The van der Waals surface area contributed by atoms with Gasteiger partial charge in [-0.1, -0.05) is 13.0 Å². The molecule has 0 amide bonds. The van der Waals surface area contributed by atoms with Crippen molar-refractivity contribution in [3.63, 3.8) is 0 Å². The molecular formula is C12H18FNO2. The molecule has 0 heterocycles. The van der Waals surface area contributed by atoms with Crippen molar-refractivity contribution >= 4 is 0 Å². The summed E-state index contributed by atoms with van der Waals surface area (Å²) in [5.41, 5.74) is 6.59. The van der Waals surface area contributed by atoms with Gasteiger partial charge in [0.15, 0.2) is 0 Å². The van der Waals surface area contributed by atoms with E-state index in [1.165, 1.54) is 14.2 Å². The second-order valence-corrected chi connectivity index (χ2v) is 3.72. The molecule has 0 aliphatic heterocycles. The van der Waals surface area contributed by atoms with Gasteiger partial charge in [0.05, 0.1) is 19.3 Å². The van der Waals surface area contributed by atoms with Gasteiger partial charge in [-0.25, -0.2) is 4.39 Å². The average Bonchev–Trinajstić information content (AvgIpc) is 2.31. The molecule has 1 aromatic rings. The zero-order valence-electron chi connectivity index (χ0n) is 9.92. The summed E-state index contributed by atoms with van der Waals surface area (Å²) in [6.07, 6.45) is 0. The van der Waals surface area contributed by atoms with Crippen LogP contribution >= 0.6 is 0 Å². The molecular weight excluding hydrogens is 209 g/mol. The van der Waals surface area contributed by atoms with Gasteiger partial charge in [0.25, 0.3) is 0 Å². The van der Waals surface area contributed by atoms with Crippen molar-refractivity contribution in [2.75, 3.05) is 20.8 Å². The van der Waals surface area contributed by atoms with Crippen LogP contribution in [-0.2, 0) is 11.3 Å². The van der Waals surface area contributed by atoms with Crippen molar-refractivity contribution in [1.82, 2.24) is 0 Å². The summed E-state index contributed by atoms with van der Waals surface area (Å²) >= 11 is 0. The standard InChI is InChI=1S/C12H18FNO2/c1-8(6-14)9-4-5-11(16-3)10(7-15-2)12(9)13/h4-5,8H,6-7,14H2,1-3H3. The fourth-order valence-electron chi connectivity index (χ4n) is 1.60. The molecule has 0 fully saturated rings. The number of benzene rings is 1. The molecule has 0 saturated heterocycles. The largest absolute Gasteiger partial charge is 0.496 e. The molecule has 0 aliphatic rings. The van der Waals surface area contributed by atoms with Gasteiger partial charge in [0.2, 0.25) is 0 Å². The Morgan fingerprint density at radius 2 is 2.06 bits per heavy atom. The molecule has 1 atom stereocenters. The van der Waals surface area contributed by atoms with E-state index >= 15 is 0 Å². The Bertz CT molecular complexity index is 355. The molecule has 0 aliphatic carbocycles. The summed E-state index contributed by atoms with van der Waals surface area (Å²) in [4.78, 5) is 0. The molecule has 1 aromatic carbocycles. The van der Waals surface area contributed by atoms with Crippen molar-refractivity contribution in [2.24, 2.45) is 5.73 Å². The predicted molar refractivity (Wildman–Crippen MR) is 61.1 cm³/mol. The lowest BCUT2D eigenvalue weighted by molar-refractivity contribution is 0.177. The van der Waals surface area contributed by atoms with Gasteiger partial charge in [0, 0.05) is 7.11 Å². The van der Waals surface area contributed by atoms with Crippen molar-refractivity contribution in [3.05, 3.63) is 29.1 Å². The number of nitrogens with two attached hydrogens (primary N) is 1. The number of hydrogen-bond donors (Lipinski definition) is 1. The predicted octanol–water partition coefficient (Wildman–Crippen LogP) is 2.04. The molecule has 1 unspecified atom stereocenters. The molecule has 90 valence electrons. The van der Waals surface area contributed by atoms with Crippen LogP contribution in [-0.4, -0.2) is 20.8 Å². The minimum atomic E-state index is -0.279. The summed E-state index contributed by atoms with van der Waals surface area (Å²) in [7, 11) is 3.04. The Balaban J connectivity index is 3.20. The first-order chi connectivity index (χ1) is 7.65. The van der Waals surface area contributed by atoms with Gasteiger partial charge in [-0.2, -0.15) is 0 Å². The second kappa shape index (κ2) is 5.82. The summed E-state index contributed by atoms with van der Waals surface area (Å²) in [5.74, 6) is 0.216. The molecule has 0 aromatic heterocycles. The smallest absolute Gasteiger partial charge is 0.135 e. The first-order valence-corrected chi connectivity index (χ1v) is 5.20. The molecule has 0 saturated carbocycles. The van der Waals surface area contributed by atoms with Crippen molar-refractivity contribution < 1.29 is 13.9 Å². The molecule has 2 N–H and O–H groups in total. The highest BCUT2D eigenvalue weighted by atomic mass is 19.1. The molecule has 0 spiro atoms. The van der Waals surface area contributed by atoms with E-state index in [4.69, 9.17) is 15.2 Å². The lowest BCUT2D eigenvalue weighted by atomic mass is 9.98. The third-order valence-electron chi connectivity index (χ3n) is 2.62. The maximum atomic E-state index is 14.1. The number of ether oxygens (including phenoxy) is 2. The Morgan fingerprint density at radius 3 is 2.56 bits per heavy atom. The quantitative estimate of drug-likeness (QED) is 0.837. The van der Waals surface area contributed by atoms with E-state index in [0.717, 1.165) is 0 Å². The summed E-state index contributed by atoms with van der Waals surface area (Å²) in [5, 5.41) is 0. The van der Waals surface area contributed by atoms with E-state index in [9.17, 15) is 4.39 Å². The third-order valence-corrected chi connectivity index (χ3v) is 2.62. The van der Waals surface area contributed by atoms with Gasteiger partial charge >= 0.3 is 0 Å². The first kappa shape index (κ1) is 12.9. The van der Waals surface area contributed by atoms with E-state index in [2.05, 4.69) is 0 Å². The molecule has 1 rings (SSSR count). The fraction of sp³-hybridized carbons (Fsp3) is 0.500. The number of hydrogen-bond acceptors (Lipinski definition) is 3. The highest BCUT2D eigenvalue weighted by Gasteiger charge is 2.17. The van der Waals surface area contributed by atoms with Crippen LogP contribution in [0.5, 0.6) is 5.75 Å². The summed E-state index contributed by atoms with van der Waals surface area (Å²) in [6.45, 7) is 2.50. The van der Waals surface area contributed by atoms with Gasteiger partial charge in [-0.05, 0) is 24.1 Å². The van der Waals surface area contributed by atoms with Crippen LogP contribution in [0, 0.1) is 5.82 Å². The van der Waals surface area contributed by atoms with E-state index in [0.29, 0.717) is 23.4 Å². The monoisotopic (exact) mass is 227 g/mol. The van der Waals surface area contributed by atoms with E-state index in [1.807, 2.05) is 6.92 Å². The van der Waals surface area contributed by atoms with Gasteiger partial charge in [0.1, 0.15) is 11.6 Å². The van der Waals surface area contributed by atoms with Crippen molar-refractivity contribution in [2.45, 2.75) is 19.4 Å². The van der Waals surface area contributed by atoms with Crippen LogP contribution in [0.15, 0.2) is 12.1 Å². The summed E-state index contributed by atoms with van der Waals surface area (Å²) in [6, 6.07) is 3.46. The second-order valence-electron chi connectivity index (χ2n) is 3.72. The average molecular weight is 227 g/mol. The topological polar surface area (TPSA) is 44.5 Å². The minimum absolute atomic E-state index is 0.0125. The molecule has 3 nitrogen and oxygen atoms in total. The highest BCUT2D eigenvalue weighted by Crippen LogP contribution is 2.28. The van der Waals surface area contributed by atoms with Crippen molar-refractivity contribution in [1.29, 1.82) is 0 Å². The van der Waals surface area contributed by atoms with Gasteiger partial charge in [-0.15, -0.1) is 0 Å². The van der Waals surface area contributed by atoms with Crippen LogP contribution < -0.4 is 10.5 Å². The van der Waals surface area contributed by atoms with Crippen molar-refractivity contribution in [3.8, 4) is 5.75 Å². The van der Waals surface area contributed by atoms with Gasteiger partial charge < -0.3 is 15.2 Å². The molecule has 0 bridgehead atoms. The van der Waals surface area contributed by atoms with Crippen LogP contribution in [0.3, 0.4) is 0 Å². The third kappa shape index (κ3) is 2.51. The molecule has 4 heteroatoms. The zero-order valence-corrected chi connectivity index (χ0v) is 9.92. The highest BCUT2D eigenvalue weighted by molar-refractivity contribution is 5.39. The van der Waals surface area contributed by atoms with E-state index in [-0.39, 0.29) is 18.3 Å². The zero-order chi connectivity index (χ0) is 12.1. The SMILES string of the molecule is COCc1c(OC)ccc(C(C)CN)c1F. The normalized spacial score (nSPS) is 12.6. The first-order valence-electron chi connectivity index (χ1n) is 5.20. The maximum absolute atomic E-state index is 14.1. The molecule has 16 heavy (non-hydrogen) atoms. The number of rotatable bonds is 5. The Hall–Kier alpha value is -1.13. The van der Waals surface area contributed by atoms with Gasteiger partial charge in [-0.3, -0.25) is 0 Å². The Labute approximate surface area is 95.4 Å². The van der Waals surface area contributed by atoms with Crippen LogP contribution in [0.25, 0.3) is 0 Å². The van der Waals surface area contributed by atoms with Crippen LogP contribution in [0.4, 0.5) is 4.39 Å².